The second-order valence-corrected chi connectivity index (χ2v) is 6.77. The highest BCUT2D eigenvalue weighted by atomic mass is 16.4. The Balaban J connectivity index is 1.61. The Kier molecular flexibility index (Phi) is 6.93. The number of aliphatic carboxylic acids is 2. The van der Waals surface area contributed by atoms with Gasteiger partial charge >= 0.3 is 11.9 Å². The van der Waals surface area contributed by atoms with Crippen molar-refractivity contribution >= 4 is 46.5 Å². The molecule has 2 heterocycles. The molecule has 13 nitrogen and oxygen atoms in total. The molecule has 0 radical (unpaired) electrons. The quantitative estimate of drug-likeness (QED) is 0.243. The van der Waals surface area contributed by atoms with Crippen molar-refractivity contribution in [1.82, 2.24) is 25.3 Å². The first-order valence-corrected chi connectivity index (χ1v) is 9.54. The first kappa shape index (κ1) is 22.9. The number of amides is 1. The van der Waals surface area contributed by atoms with Gasteiger partial charge in [-0.05, 0) is 30.7 Å². The van der Waals surface area contributed by atoms with Crippen LogP contribution in [0.1, 0.15) is 22.5 Å². The van der Waals surface area contributed by atoms with E-state index in [1.54, 1.807) is 12.1 Å². The van der Waals surface area contributed by atoms with Crippen LogP contribution >= 0.6 is 0 Å². The van der Waals surface area contributed by atoms with Crippen LogP contribution in [0.5, 0.6) is 0 Å². The van der Waals surface area contributed by atoms with E-state index < -0.39 is 23.9 Å². The van der Waals surface area contributed by atoms with Crippen molar-refractivity contribution in [2.75, 3.05) is 16.8 Å². The summed E-state index contributed by atoms with van der Waals surface area (Å²) in [7, 11) is 0. The molecule has 3 rings (SSSR count). The Morgan fingerprint density at radius 2 is 1.79 bits per heavy atom. The van der Waals surface area contributed by atoms with Gasteiger partial charge in [0.2, 0.25) is 5.95 Å². The smallest absolute Gasteiger partial charge is 0.327 e. The maximum Gasteiger partial charge on any atom is 0.327 e. The highest BCUT2D eigenvalue weighted by molar-refractivity contribution is 5.97. The molecule has 0 fully saturated rings. The van der Waals surface area contributed by atoms with E-state index in [1.807, 2.05) is 0 Å². The van der Waals surface area contributed by atoms with E-state index in [2.05, 4.69) is 30.6 Å². The molecule has 0 aliphatic heterocycles. The number of carbonyl (C=O) groups excluding carboxylic acids is 1. The van der Waals surface area contributed by atoms with Crippen LogP contribution in [0.4, 0.5) is 17.5 Å². The van der Waals surface area contributed by atoms with Gasteiger partial charge in [-0.2, -0.15) is 9.97 Å². The lowest BCUT2D eigenvalue weighted by atomic mass is 10.1. The van der Waals surface area contributed by atoms with Gasteiger partial charge in [0.1, 0.15) is 6.04 Å². The molecule has 0 saturated heterocycles. The summed E-state index contributed by atoms with van der Waals surface area (Å²) < 4.78 is 0. The van der Waals surface area contributed by atoms with Crippen LogP contribution in [-0.2, 0) is 16.1 Å². The van der Waals surface area contributed by atoms with E-state index in [9.17, 15) is 19.5 Å². The predicted molar refractivity (Wildman–Crippen MR) is 118 cm³/mol. The molecule has 13 heteroatoms. The molecule has 3 aromatic rings. The Morgan fingerprint density at radius 1 is 1.06 bits per heavy atom. The fourth-order valence-corrected chi connectivity index (χ4v) is 2.77. The first-order valence-electron chi connectivity index (χ1n) is 9.54. The molecule has 170 valence electrons. The van der Waals surface area contributed by atoms with E-state index in [0.29, 0.717) is 23.4 Å². The van der Waals surface area contributed by atoms with Crippen molar-refractivity contribution < 1.29 is 24.6 Å². The second-order valence-electron chi connectivity index (χ2n) is 6.77. The summed E-state index contributed by atoms with van der Waals surface area (Å²) in [6, 6.07) is 5.06. The number of rotatable bonds is 9. The summed E-state index contributed by atoms with van der Waals surface area (Å²) in [5.41, 5.74) is 13.5. The standard InChI is InChI=1S/C20H20N8O5/c21-16-15-17(28-20(22)27-16)24-9-12(25-15)8-23-11-6-4-10(5-7-11)18(31)26-13(19(32)33)2-1-3-14(29)30/h1,3-7,9,13,23H,2,8H2,(H,26,31)(H,29,30)(H,32,33)(H4,21,22,24,27,28)/b3-1+. The number of hydrogen-bond donors (Lipinski definition) is 6. The van der Waals surface area contributed by atoms with Crippen molar-refractivity contribution in [2.24, 2.45) is 0 Å². The number of benzene rings is 1. The maximum atomic E-state index is 12.3. The molecule has 1 amide bonds. The van der Waals surface area contributed by atoms with Gasteiger partial charge < -0.3 is 32.3 Å². The lowest BCUT2D eigenvalue weighted by Gasteiger charge is -2.13. The highest BCUT2D eigenvalue weighted by Crippen LogP contribution is 2.16. The number of carboxylic acid groups (broad SMARTS) is 2. The fourth-order valence-electron chi connectivity index (χ4n) is 2.77. The minimum absolute atomic E-state index is 0.00991. The zero-order valence-electron chi connectivity index (χ0n) is 17.1. The summed E-state index contributed by atoms with van der Waals surface area (Å²) >= 11 is 0. The van der Waals surface area contributed by atoms with Crippen LogP contribution in [-0.4, -0.2) is 54.0 Å². The molecule has 0 aliphatic carbocycles. The summed E-state index contributed by atoms with van der Waals surface area (Å²) in [4.78, 5) is 50.5. The molecule has 1 unspecified atom stereocenters. The van der Waals surface area contributed by atoms with E-state index in [4.69, 9.17) is 16.6 Å². The van der Waals surface area contributed by atoms with Crippen molar-refractivity contribution in [3.8, 4) is 0 Å². The second kappa shape index (κ2) is 10.00. The Labute approximate surface area is 186 Å². The zero-order valence-corrected chi connectivity index (χ0v) is 17.1. The molecule has 0 saturated carbocycles. The molecule has 1 aromatic carbocycles. The first-order chi connectivity index (χ1) is 15.7. The minimum Gasteiger partial charge on any atom is -0.480 e. The van der Waals surface area contributed by atoms with E-state index in [-0.39, 0.29) is 29.4 Å². The Bertz CT molecular complexity index is 1230. The number of carbonyl (C=O) groups is 3. The number of nitrogens with zero attached hydrogens (tertiary/aromatic N) is 4. The highest BCUT2D eigenvalue weighted by Gasteiger charge is 2.19. The molecule has 1 atom stereocenters. The van der Waals surface area contributed by atoms with Gasteiger partial charge in [0.15, 0.2) is 17.0 Å². The lowest BCUT2D eigenvalue weighted by molar-refractivity contribution is -0.139. The van der Waals surface area contributed by atoms with Gasteiger partial charge in [0, 0.05) is 17.3 Å². The van der Waals surface area contributed by atoms with Gasteiger partial charge in [0.05, 0.1) is 18.4 Å². The van der Waals surface area contributed by atoms with Crippen molar-refractivity contribution in [3.05, 3.63) is 53.9 Å². The largest absolute Gasteiger partial charge is 0.480 e. The topological polar surface area (TPSA) is 219 Å². The van der Waals surface area contributed by atoms with E-state index >= 15 is 0 Å². The third-order valence-corrected chi connectivity index (χ3v) is 4.36. The van der Waals surface area contributed by atoms with Crippen LogP contribution in [0.15, 0.2) is 42.6 Å². The fraction of sp³-hybridized carbons (Fsp3) is 0.150. The average Bonchev–Trinajstić information content (AvgIpc) is 2.77. The zero-order chi connectivity index (χ0) is 24.0. The number of aromatic nitrogens is 4. The number of nitrogen functional groups attached to an aromatic ring is 2. The van der Waals surface area contributed by atoms with Crippen molar-refractivity contribution in [2.45, 2.75) is 19.0 Å². The number of carboxylic acids is 2. The van der Waals surface area contributed by atoms with E-state index in [0.717, 1.165) is 6.08 Å². The minimum atomic E-state index is -1.28. The van der Waals surface area contributed by atoms with Crippen molar-refractivity contribution in [1.29, 1.82) is 0 Å². The average molecular weight is 452 g/mol. The summed E-state index contributed by atoms with van der Waals surface area (Å²) in [6.07, 6.45) is 3.34. The Hall–Kier alpha value is -4.81. The maximum absolute atomic E-state index is 12.3. The summed E-state index contributed by atoms with van der Waals surface area (Å²) in [5.74, 6) is -2.95. The normalized spacial score (nSPS) is 11.9. The van der Waals surface area contributed by atoms with Crippen LogP contribution in [0.3, 0.4) is 0 Å². The third-order valence-electron chi connectivity index (χ3n) is 4.36. The monoisotopic (exact) mass is 452 g/mol. The molecule has 0 aliphatic rings. The van der Waals surface area contributed by atoms with Gasteiger partial charge in [-0.25, -0.2) is 19.6 Å². The van der Waals surface area contributed by atoms with E-state index in [1.165, 1.54) is 24.4 Å². The number of fused-ring (bicyclic) bond motifs is 1. The molecule has 2 aromatic heterocycles. The van der Waals surface area contributed by atoms with Crippen LogP contribution < -0.4 is 22.1 Å². The third kappa shape index (κ3) is 6.10. The van der Waals surface area contributed by atoms with Crippen LogP contribution in [0.25, 0.3) is 11.2 Å². The Morgan fingerprint density at radius 3 is 2.45 bits per heavy atom. The molecule has 0 bridgehead atoms. The van der Waals surface area contributed by atoms with Crippen molar-refractivity contribution in [3.63, 3.8) is 0 Å². The predicted octanol–water partition coefficient (Wildman–Crippen LogP) is 0.410. The van der Waals surface area contributed by atoms with Gasteiger partial charge in [-0.3, -0.25) is 4.79 Å². The summed E-state index contributed by atoms with van der Waals surface area (Å²) in [6.45, 7) is 0.301. The van der Waals surface area contributed by atoms with Gasteiger partial charge in [0.25, 0.3) is 5.91 Å². The van der Waals surface area contributed by atoms with Crippen LogP contribution in [0, 0.1) is 0 Å². The van der Waals surface area contributed by atoms with Gasteiger partial charge in [-0.1, -0.05) is 6.08 Å². The molecular weight excluding hydrogens is 432 g/mol. The van der Waals surface area contributed by atoms with Gasteiger partial charge in [-0.15, -0.1) is 0 Å². The number of anilines is 3. The molecular formula is C20H20N8O5. The number of hydrogen-bond acceptors (Lipinski definition) is 10. The number of nitrogens with two attached hydrogens (primary N) is 2. The SMILES string of the molecule is Nc1nc(N)c2nc(CNc3ccc(C(=O)NC(C/C=C/C(=O)O)C(=O)O)cc3)cnc2n1. The molecule has 0 spiro atoms. The number of nitrogens with one attached hydrogen (secondary N) is 2. The van der Waals surface area contributed by atoms with Crippen LogP contribution in [0.2, 0.25) is 0 Å². The summed E-state index contributed by atoms with van der Waals surface area (Å²) in [5, 5.41) is 23.3. The lowest BCUT2D eigenvalue weighted by Crippen LogP contribution is -2.40. The molecule has 33 heavy (non-hydrogen) atoms. The molecule has 8 N–H and O–H groups in total.